The standard InChI is InChI=1S/C15H25NO5/c1-20-10-5-8-16(9-11-21-2)14(17)12-6-3-4-7-13(12)15(18)19/h3-4,12-13H,5-11H2,1-2H3,(H,18,19)/t12-,13+/m1/s1. The summed E-state index contributed by atoms with van der Waals surface area (Å²) in [5.41, 5.74) is 0. The minimum Gasteiger partial charge on any atom is -0.481 e. The third kappa shape index (κ3) is 5.47. The van der Waals surface area contributed by atoms with Crippen LogP contribution in [0.1, 0.15) is 19.3 Å². The van der Waals surface area contributed by atoms with Gasteiger partial charge in [0.25, 0.3) is 0 Å². The van der Waals surface area contributed by atoms with Crippen LogP contribution < -0.4 is 0 Å². The molecule has 0 aromatic heterocycles. The molecule has 1 N–H and O–H groups in total. The Morgan fingerprint density at radius 2 is 1.71 bits per heavy atom. The Kier molecular flexibility index (Phi) is 8.00. The van der Waals surface area contributed by atoms with E-state index in [0.717, 1.165) is 6.42 Å². The fourth-order valence-electron chi connectivity index (χ4n) is 2.53. The quantitative estimate of drug-likeness (QED) is 0.511. The molecule has 1 amide bonds. The number of methoxy groups -OCH3 is 2. The fourth-order valence-corrected chi connectivity index (χ4v) is 2.53. The van der Waals surface area contributed by atoms with E-state index in [1.807, 2.05) is 12.2 Å². The number of carbonyl (C=O) groups is 2. The molecule has 6 nitrogen and oxygen atoms in total. The molecule has 2 atom stereocenters. The summed E-state index contributed by atoms with van der Waals surface area (Å²) >= 11 is 0. The molecule has 0 aliphatic heterocycles. The summed E-state index contributed by atoms with van der Waals surface area (Å²) in [6.45, 7) is 2.05. The number of allylic oxidation sites excluding steroid dienone is 2. The number of carbonyl (C=O) groups excluding carboxylic acids is 1. The number of amides is 1. The molecule has 0 bridgehead atoms. The summed E-state index contributed by atoms with van der Waals surface area (Å²) < 4.78 is 10.0. The molecule has 0 saturated heterocycles. The predicted octanol–water partition coefficient (Wildman–Crippen LogP) is 1.16. The maximum absolute atomic E-state index is 12.6. The van der Waals surface area contributed by atoms with Crippen LogP contribution in [-0.4, -0.2) is 62.4 Å². The van der Waals surface area contributed by atoms with Gasteiger partial charge in [0.1, 0.15) is 0 Å². The van der Waals surface area contributed by atoms with Gasteiger partial charge in [-0.25, -0.2) is 0 Å². The molecule has 1 rings (SSSR count). The number of ether oxygens (including phenoxy) is 2. The van der Waals surface area contributed by atoms with Gasteiger partial charge in [-0.1, -0.05) is 12.2 Å². The number of hydrogen-bond acceptors (Lipinski definition) is 4. The van der Waals surface area contributed by atoms with Crippen molar-refractivity contribution in [3.8, 4) is 0 Å². The highest BCUT2D eigenvalue weighted by molar-refractivity contribution is 5.85. The first kappa shape index (κ1) is 17.7. The molecule has 0 aromatic rings. The van der Waals surface area contributed by atoms with Crippen molar-refractivity contribution < 1.29 is 24.2 Å². The maximum Gasteiger partial charge on any atom is 0.307 e. The smallest absolute Gasteiger partial charge is 0.307 e. The Morgan fingerprint density at radius 3 is 2.29 bits per heavy atom. The SMILES string of the molecule is COCCCN(CCOC)C(=O)[C@@H]1CC=CC[C@@H]1C(=O)O. The Labute approximate surface area is 125 Å². The minimum absolute atomic E-state index is 0.0973. The van der Waals surface area contributed by atoms with Gasteiger partial charge in [0.15, 0.2) is 0 Å². The molecule has 21 heavy (non-hydrogen) atoms. The third-order valence-corrected chi connectivity index (χ3v) is 3.72. The van der Waals surface area contributed by atoms with Crippen molar-refractivity contribution in [1.29, 1.82) is 0 Å². The summed E-state index contributed by atoms with van der Waals surface area (Å²) in [5, 5.41) is 9.28. The van der Waals surface area contributed by atoms with E-state index < -0.39 is 17.8 Å². The zero-order valence-corrected chi connectivity index (χ0v) is 12.8. The molecular formula is C15H25NO5. The Bertz CT molecular complexity index is 369. The van der Waals surface area contributed by atoms with Crippen molar-refractivity contribution in [2.75, 3.05) is 40.5 Å². The van der Waals surface area contributed by atoms with E-state index in [1.54, 1.807) is 19.1 Å². The number of carboxylic acid groups (broad SMARTS) is 1. The molecule has 0 heterocycles. The predicted molar refractivity (Wildman–Crippen MR) is 77.9 cm³/mol. The van der Waals surface area contributed by atoms with Crippen LogP contribution in [0.5, 0.6) is 0 Å². The molecule has 0 radical (unpaired) electrons. The largest absolute Gasteiger partial charge is 0.481 e. The Balaban J connectivity index is 2.71. The van der Waals surface area contributed by atoms with Crippen molar-refractivity contribution in [3.63, 3.8) is 0 Å². The average Bonchev–Trinajstić information content (AvgIpc) is 2.50. The molecule has 0 fully saturated rings. The van der Waals surface area contributed by atoms with Crippen LogP contribution in [0, 0.1) is 11.8 Å². The van der Waals surface area contributed by atoms with Crippen molar-refractivity contribution in [3.05, 3.63) is 12.2 Å². The van der Waals surface area contributed by atoms with Crippen LogP contribution in [0.2, 0.25) is 0 Å². The normalized spacial score (nSPS) is 21.2. The maximum atomic E-state index is 12.6. The second-order valence-electron chi connectivity index (χ2n) is 5.16. The van der Waals surface area contributed by atoms with E-state index in [9.17, 15) is 14.7 Å². The van der Waals surface area contributed by atoms with Gasteiger partial charge in [0.2, 0.25) is 5.91 Å². The van der Waals surface area contributed by atoms with Crippen molar-refractivity contribution in [1.82, 2.24) is 4.90 Å². The average molecular weight is 299 g/mol. The van der Waals surface area contributed by atoms with E-state index >= 15 is 0 Å². The Morgan fingerprint density at radius 1 is 1.10 bits per heavy atom. The lowest BCUT2D eigenvalue weighted by Gasteiger charge is -2.31. The van der Waals surface area contributed by atoms with Crippen LogP contribution in [-0.2, 0) is 19.1 Å². The van der Waals surface area contributed by atoms with Crippen LogP contribution >= 0.6 is 0 Å². The summed E-state index contributed by atoms with van der Waals surface area (Å²) in [5.74, 6) is -2.11. The van der Waals surface area contributed by atoms with Crippen molar-refractivity contribution in [2.45, 2.75) is 19.3 Å². The first-order valence-corrected chi connectivity index (χ1v) is 7.26. The number of aliphatic carboxylic acids is 1. The summed E-state index contributed by atoms with van der Waals surface area (Å²) in [4.78, 5) is 25.7. The van der Waals surface area contributed by atoms with Crippen LogP contribution in [0.25, 0.3) is 0 Å². The first-order chi connectivity index (χ1) is 10.1. The first-order valence-electron chi connectivity index (χ1n) is 7.26. The zero-order valence-electron chi connectivity index (χ0n) is 12.8. The highest BCUT2D eigenvalue weighted by Gasteiger charge is 2.36. The number of carboxylic acids is 1. The van der Waals surface area contributed by atoms with Gasteiger partial charge in [-0.05, 0) is 19.3 Å². The van der Waals surface area contributed by atoms with Gasteiger partial charge in [0.05, 0.1) is 18.4 Å². The highest BCUT2D eigenvalue weighted by Crippen LogP contribution is 2.27. The molecule has 0 spiro atoms. The topological polar surface area (TPSA) is 76.1 Å². The van der Waals surface area contributed by atoms with Gasteiger partial charge in [-0.2, -0.15) is 0 Å². The van der Waals surface area contributed by atoms with Gasteiger partial charge in [-0.15, -0.1) is 0 Å². The molecule has 1 aliphatic rings. The second-order valence-corrected chi connectivity index (χ2v) is 5.16. The molecule has 120 valence electrons. The number of hydrogen-bond donors (Lipinski definition) is 1. The zero-order chi connectivity index (χ0) is 15.7. The van der Waals surface area contributed by atoms with Gasteiger partial charge in [0, 0.05) is 33.9 Å². The summed E-state index contributed by atoms with van der Waals surface area (Å²) in [7, 11) is 3.20. The van der Waals surface area contributed by atoms with Crippen LogP contribution in [0.4, 0.5) is 0 Å². The van der Waals surface area contributed by atoms with E-state index in [-0.39, 0.29) is 5.91 Å². The van der Waals surface area contributed by atoms with Gasteiger partial charge in [-0.3, -0.25) is 9.59 Å². The molecular weight excluding hydrogens is 274 g/mol. The van der Waals surface area contributed by atoms with E-state index in [1.165, 1.54) is 0 Å². The summed E-state index contributed by atoms with van der Waals surface area (Å²) in [6, 6.07) is 0. The molecule has 1 aliphatic carbocycles. The molecule has 0 aromatic carbocycles. The van der Waals surface area contributed by atoms with Gasteiger partial charge < -0.3 is 19.5 Å². The van der Waals surface area contributed by atoms with Crippen LogP contribution in [0.15, 0.2) is 12.2 Å². The van der Waals surface area contributed by atoms with Crippen molar-refractivity contribution >= 4 is 11.9 Å². The molecule has 0 unspecified atom stereocenters. The monoisotopic (exact) mass is 299 g/mol. The number of rotatable bonds is 9. The van der Waals surface area contributed by atoms with E-state index in [4.69, 9.17) is 9.47 Å². The summed E-state index contributed by atoms with van der Waals surface area (Å²) in [6.07, 6.45) is 5.37. The van der Waals surface area contributed by atoms with Gasteiger partial charge >= 0.3 is 5.97 Å². The fraction of sp³-hybridized carbons (Fsp3) is 0.733. The van der Waals surface area contributed by atoms with Crippen LogP contribution in [0.3, 0.4) is 0 Å². The second kappa shape index (κ2) is 9.52. The van der Waals surface area contributed by atoms with Crippen molar-refractivity contribution in [2.24, 2.45) is 11.8 Å². The lowest BCUT2D eigenvalue weighted by Crippen LogP contribution is -2.43. The lowest BCUT2D eigenvalue weighted by molar-refractivity contribution is -0.151. The van der Waals surface area contributed by atoms with E-state index in [0.29, 0.717) is 39.1 Å². The molecule has 6 heteroatoms. The number of nitrogens with zero attached hydrogens (tertiary/aromatic N) is 1. The minimum atomic E-state index is -0.902. The Hall–Kier alpha value is -1.40. The third-order valence-electron chi connectivity index (χ3n) is 3.72. The van der Waals surface area contributed by atoms with E-state index in [2.05, 4.69) is 0 Å². The highest BCUT2D eigenvalue weighted by atomic mass is 16.5. The lowest BCUT2D eigenvalue weighted by atomic mass is 9.82. The molecule has 0 saturated carbocycles.